The maximum atomic E-state index is 12.8. The van der Waals surface area contributed by atoms with E-state index in [2.05, 4.69) is 16.0 Å². The van der Waals surface area contributed by atoms with Crippen LogP contribution in [-0.4, -0.2) is 53.2 Å². The minimum absolute atomic E-state index is 0.0287. The van der Waals surface area contributed by atoms with E-state index in [1.54, 1.807) is 6.20 Å². The lowest BCUT2D eigenvalue weighted by Gasteiger charge is -2.28. The van der Waals surface area contributed by atoms with E-state index >= 15 is 0 Å². The molecule has 1 aliphatic carbocycles. The van der Waals surface area contributed by atoms with Gasteiger partial charge in [0, 0.05) is 37.5 Å². The van der Waals surface area contributed by atoms with Crippen LogP contribution in [0.25, 0.3) is 16.6 Å². The van der Waals surface area contributed by atoms with Crippen LogP contribution >= 0.6 is 0 Å². The number of allylic oxidation sites excluding steroid dienone is 4. The lowest BCUT2D eigenvalue weighted by Crippen LogP contribution is -2.27. The molecule has 0 radical (unpaired) electrons. The molecule has 2 saturated heterocycles. The highest BCUT2D eigenvalue weighted by molar-refractivity contribution is 6.00. The normalized spacial score (nSPS) is 22.2. The third-order valence-electron chi connectivity index (χ3n) is 6.34. The number of rotatable bonds is 4. The maximum absolute atomic E-state index is 12.8. The van der Waals surface area contributed by atoms with E-state index in [4.69, 9.17) is 9.47 Å². The molecule has 4 heterocycles. The number of carbonyl (C=O) groups excluding carboxylic acids is 1. The van der Waals surface area contributed by atoms with Gasteiger partial charge < -0.3 is 19.4 Å². The first-order valence-corrected chi connectivity index (χ1v) is 11.0. The van der Waals surface area contributed by atoms with Gasteiger partial charge in [-0.1, -0.05) is 6.08 Å². The monoisotopic (exact) mass is 418 g/mol. The molecule has 1 unspecified atom stereocenters. The molecule has 160 valence electrons. The molecule has 0 aromatic carbocycles. The van der Waals surface area contributed by atoms with Crippen LogP contribution in [0.1, 0.15) is 48.2 Å². The van der Waals surface area contributed by atoms with E-state index in [1.165, 1.54) is 0 Å². The summed E-state index contributed by atoms with van der Waals surface area (Å²) in [6.07, 6.45) is 10.2. The summed E-state index contributed by atoms with van der Waals surface area (Å²) < 4.78 is 11.5. The number of aromatic nitrogens is 2. The van der Waals surface area contributed by atoms with Crippen molar-refractivity contribution in [1.82, 2.24) is 14.9 Å². The second-order valence-corrected chi connectivity index (χ2v) is 8.38. The summed E-state index contributed by atoms with van der Waals surface area (Å²) in [6.45, 7) is 3.03. The van der Waals surface area contributed by atoms with E-state index in [1.807, 2.05) is 29.2 Å². The first-order valence-electron chi connectivity index (χ1n) is 11.0. The molecule has 7 heteroatoms. The molecule has 0 saturated carbocycles. The van der Waals surface area contributed by atoms with Crippen LogP contribution < -0.4 is 0 Å². The zero-order chi connectivity index (χ0) is 21.2. The number of ether oxygens (including phenoxy) is 2. The van der Waals surface area contributed by atoms with E-state index < -0.39 is 0 Å². The van der Waals surface area contributed by atoms with E-state index in [0.29, 0.717) is 31.0 Å². The highest BCUT2D eigenvalue weighted by Gasteiger charge is 2.27. The van der Waals surface area contributed by atoms with E-state index in [-0.39, 0.29) is 17.9 Å². The molecule has 2 aromatic heterocycles. The molecule has 1 amide bonds. The van der Waals surface area contributed by atoms with Crippen molar-refractivity contribution < 1.29 is 14.3 Å². The van der Waals surface area contributed by atoms with Gasteiger partial charge in [0.05, 0.1) is 19.3 Å². The zero-order valence-corrected chi connectivity index (χ0v) is 17.5. The van der Waals surface area contributed by atoms with Gasteiger partial charge in [0.25, 0.3) is 5.91 Å². The van der Waals surface area contributed by atoms with Crippen LogP contribution in [0.15, 0.2) is 36.2 Å². The lowest BCUT2D eigenvalue weighted by molar-refractivity contribution is -0.00914. The molecule has 31 heavy (non-hydrogen) atoms. The highest BCUT2D eigenvalue weighted by atomic mass is 16.5. The second kappa shape index (κ2) is 8.56. The Labute approximate surface area is 181 Å². The number of likely N-dealkylation sites (tertiary alicyclic amines) is 1. The molecule has 5 rings (SSSR count). The molecule has 1 atom stereocenters. The maximum Gasteiger partial charge on any atom is 0.270 e. The van der Waals surface area contributed by atoms with E-state index in [0.717, 1.165) is 61.1 Å². The fraction of sp³-hybridized carbons (Fsp3) is 0.458. The minimum atomic E-state index is -0.323. The fourth-order valence-electron chi connectivity index (χ4n) is 4.62. The van der Waals surface area contributed by atoms with E-state index in [9.17, 15) is 10.1 Å². The average molecular weight is 418 g/mol. The Balaban J connectivity index is 1.43. The molecular weight excluding hydrogens is 392 g/mol. The number of pyridine rings is 1. The van der Waals surface area contributed by atoms with Crippen molar-refractivity contribution in [3.63, 3.8) is 0 Å². The smallest absolute Gasteiger partial charge is 0.270 e. The van der Waals surface area contributed by atoms with Crippen LogP contribution in [0.2, 0.25) is 0 Å². The van der Waals surface area contributed by atoms with Gasteiger partial charge in [-0.2, -0.15) is 5.26 Å². The Hall–Kier alpha value is -3.11. The predicted molar refractivity (Wildman–Crippen MR) is 116 cm³/mol. The van der Waals surface area contributed by atoms with Gasteiger partial charge in [-0.3, -0.25) is 4.79 Å². The number of H-pyrrole nitrogens is 1. The number of nitrogens with one attached hydrogen (secondary N) is 1. The van der Waals surface area contributed by atoms with Crippen molar-refractivity contribution in [2.75, 3.05) is 26.3 Å². The molecule has 0 bridgehead atoms. The fourth-order valence-corrected chi connectivity index (χ4v) is 4.62. The standard InChI is InChI=1S/C24H26N4O3/c25-15-17-13-16(3-4-22(17)31-18-6-11-30-12-7-18)19-5-8-26-23-20(19)14-21(27-23)24(29)28-9-1-2-10-28/h3-5,8,14,17-18H,1-2,6-7,9-13H2,(H,26,27). The van der Waals surface area contributed by atoms with Crippen molar-refractivity contribution in [3.8, 4) is 6.07 Å². The summed E-state index contributed by atoms with van der Waals surface area (Å²) in [4.78, 5) is 22.3. The van der Waals surface area contributed by atoms with Gasteiger partial charge in [-0.05, 0) is 48.6 Å². The number of nitrogens with zero attached hydrogens (tertiary/aromatic N) is 3. The van der Waals surface area contributed by atoms with Crippen molar-refractivity contribution in [2.45, 2.75) is 38.2 Å². The summed E-state index contributed by atoms with van der Waals surface area (Å²) in [5.41, 5.74) is 3.33. The molecule has 0 spiro atoms. The van der Waals surface area contributed by atoms with Crippen LogP contribution in [-0.2, 0) is 9.47 Å². The molecule has 2 aromatic rings. The summed E-state index contributed by atoms with van der Waals surface area (Å²) in [6, 6.07) is 6.26. The Morgan fingerprint density at radius 3 is 2.84 bits per heavy atom. The molecule has 2 aliphatic heterocycles. The molecular formula is C24H26N4O3. The van der Waals surface area contributed by atoms with Crippen molar-refractivity contribution in [3.05, 3.63) is 47.5 Å². The number of nitriles is 1. The predicted octanol–water partition coefficient (Wildman–Crippen LogP) is 3.81. The Bertz CT molecular complexity index is 1080. The van der Waals surface area contributed by atoms with Gasteiger partial charge >= 0.3 is 0 Å². The zero-order valence-electron chi connectivity index (χ0n) is 17.5. The Morgan fingerprint density at radius 2 is 2.06 bits per heavy atom. The summed E-state index contributed by atoms with van der Waals surface area (Å²) in [5, 5.41) is 10.7. The van der Waals surface area contributed by atoms with Gasteiger partial charge in [-0.25, -0.2) is 4.98 Å². The summed E-state index contributed by atoms with van der Waals surface area (Å²) in [5.74, 6) is 0.444. The Kier molecular flexibility index (Phi) is 5.47. The third-order valence-corrected chi connectivity index (χ3v) is 6.34. The summed E-state index contributed by atoms with van der Waals surface area (Å²) >= 11 is 0. The second-order valence-electron chi connectivity index (χ2n) is 8.38. The van der Waals surface area contributed by atoms with Crippen molar-refractivity contribution in [1.29, 1.82) is 5.26 Å². The first-order chi connectivity index (χ1) is 15.2. The number of carbonyl (C=O) groups is 1. The lowest BCUT2D eigenvalue weighted by atomic mass is 9.88. The number of hydrogen-bond acceptors (Lipinski definition) is 5. The number of aromatic amines is 1. The molecule has 1 N–H and O–H groups in total. The van der Waals surface area contributed by atoms with Gasteiger partial charge in [0.2, 0.25) is 0 Å². The summed E-state index contributed by atoms with van der Waals surface area (Å²) in [7, 11) is 0. The van der Waals surface area contributed by atoms with Gasteiger partial charge in [0.15, 0.2) is 0 Å². The topological polar surface area (TPSA) is 91.2 Å². The third kappa shape index (κ3) is 3.96. The van der Waals surface area contributed by atoms with Crippen molar-refractivity contribution in [2.24, 2.45) is 5.92 Å². The quantitative estimate of drug-likeness (QED) is 0.815. The van der Waals surface area contributed by atoms with Crippen LogP contribution in [0.5, 0.6) is 0 Å². The highest BCUT2D eigenvalue weighted by Crippen LogP contribution is 2.36. The minimum Gasteiger partial charge on any atom is -0.493 e. The Morgan fingerprint density at radius 1 is 1.26 bits per heavy atom. The van der Waals surface area contributed by atoms with Crippen molar-refractivity contribution >= 4 is 22.5 Å². The van der Waals surface area contributed by atoms with Crippen LogP contribution in [0.3, 0.4) is 0 Å². The average Bonchev–Trinajstić information content (AvgIpc) is 3.49. The van der Waals surface area contributed by atoms with Crippen LogP contribution in [0.4, 0.5) is 0 Å². The number of fused-ring (bicyclic) bond motifs is 1. The largest absolute Gasteiger partial charge is 0.493 e. The molecule has 7 nitrogen and oxygen atoms in total. The number of hydrogen-bond donors (Lipinski definition) is 1. The molecule has 3 aliphatic rings. The first kappa shape index (κ1) is 19.8. The van der Waals surface area contributed by atoms with Gasteiger partial charge in [0.1, 0.15) is 29.1 Å². The molecule has 2 fully saturated rings. The van der Waals surface area contributed by atoms with Gasteiger partial charge in [-0.15, -0.1) is 0 Å². The SMILES string of the molecule is N#CC1CC(c2ccnc3[nH]c(C(=O)N4CCCC4)cc23)=CC=C1OC1CCOCC1. The number of amides is 1. The van der Waals surface area contributed by atoms with Crippen LogP contribution in [0, 0.1) is 17.2 Å².